The Labute approximate surface area is 122 Å². The van der Waals surface area contributed by atoms with Crippen molar-refractivity contribution in [2.45, 2.75) is 31.0 Å². The molecule has 6 nitrogen and oxygen atoms in total. The molecule has 0 unspecified atom stereocenters. The number of halogens is 1. The Morgan fingerprint density at radius 2 is 1.90 bits per heavy atom. The molecule has 1 N–H and O–H groups in total. The van der Waals surface area contributed by atoms with E-state index in [1.165, 1.54) is 4.31 Å². The lowest BCUT2D eigenvalue weighted by atomic mass is 10.2. The lowest BCUT2D eigenvalue weighted by Crippen LogP contribution is -2.48. The third-order valence-corrected chi connectivity index (χ3v) is 5.02. The van der Waals surface area contributed by atoms with Gasteiger partial charge in [0.25, 0.3) is 0 Å². The van der Waals surface area contributed by atoms with Gasteiger partial charge in [0.1, 0.15) is 5.82 Å². The lowest BCUT2D eigenvalue weighted by Gasteiger charge is -2.34. The highest BCUT2D eigenvalue weighted by Crippen LogP contribution is 2.23. The van der Waals surface area contributed by atoms with Crippen LogP contribution in [0, 0.1) is 5.82 Å². The summed E-state index contributed by atoms with van der Waals surface area (Å²) < 4.78 is 45.1. The number of morpholine rings is 1. The van der Waals surface area contributed by atoms with Gasteiger partial charge in [-0.2, -0.15) is 4.31 Å². The molecule has 0 amide bonds. The molecular weight excluding hydrogens is 301 g/mol. The first-order valence-corrected chi connectivity index (χ1v) is 7.84. The monoisotopic (exact) mass is 317 g/mol. The van der Waals surface area contributed by atoms with E-state index < -0.39 is 27.4 Å². The van der Waals surface area contributed by atoms with Crippen molar-refractivity contribution >= 4 is 16.0 Å². The topological polar surface area (TPSA) is 83.9 Å². The summed E-state index contributed by atoms with van der Waals surface area (Å²) in [5, 5.41) is 8.88. The van der Waals surface area contributed by atoms with Crippen molar-refractivity contribution < 1.29 is 27.4 Å². The molecule has 8 heteroatoms. The largest absolute Gasteiger partial charge is 0.478 e. The van der Waals surface area contributed by atoms with Gasteiger partial charge in [-0.25, -0.2) is 17.6 Å². The van der Waals surface area contributed by atoms with E-state index in [0.29, 0.717) is 0 Å². The van der Waals surface area contributed by atoms with Crippen LogP contribution in [0.5, 0.6) is 0 Å². The maximum atomic E-state index is 13.4. The van der Waals surface area contributed by atoms with Crippen LogP contribution in [0.4, 0.5) is 4.39 Å². The van der Waals surface area contributed by atoms with Crippen LogP contribution >= 0.6 is 0 Å². The second-order valence-corrected chi connectivity index (χ2v) is 6.96. The molecule has 1 heterocycles. The highest BCUT2D eigenvalue weighted by atomic mass is 32.2. The quantitative estimate of drug-likeness (QED) is 0.909. The molecule has 1 aromatic carbocycles. The van der Waals surface area contributed by atoms with Gasteiger partial charge in [0.2, 0.25) is 10.0 Å². The van der Waals surface area contributed by atoms with Gasteiger partial charge in [-0.3, -0.25) is 0 Å². The molecule has 0 radical (unpaired) electrons. The first kappa shape index (κ1) is 15.9. The van der Waals surface area contributed by atoms with Crippen molar-refractivity contribution in [3.05, 3.63) is 29.6 Å². The third-order valence-electron chi connectivity index (χ3n) is 3.19. The molecule has 2 atom stereocenters. The Morgan fingerprint density at radius 1 is 1.33 bits per heavy atom. The number of ether oxygens (including phenoxy) is 1. The van der Waals surface area contributed by atoms with Crippen molar-refractivity contribution in [2.24, 2.45) is 0 Å². The van der Waals surface area contributed by atoms with Crippen LogP contribution in [0.25, 0.3) is 0 Å². The number of carbonyl (C=O) groups is 1. The SMILES string of the molecule is C[C@H]1CN(S(=O)(=O)c2ccc(F)c(C(=O)O)c2)C[C@H](C)O1. The second kappa shape index (κ2) is 5.70. The van der Waals surface area contributed by atoms with E-state index in [4.69, 9.17) is 9.84 Å². The van der Waals surface area contributed by atoms with Gasteiger partial charge < -0.3 is 9.84 Å². The minimum atomic E-state index is -3.88. The number of nitrogens with zero attached hydrogens (tertiary/aromatic N) is 1. The number of hydrogen-bond donors (Lipinski definition) is 1. The Hall–Kier alpha value is -1.51. The molecule has 2 rings (SSSR count). The molecule has 1 saturated heterocycles. The van der Waals surface area contributed by atoms with Crippen molar-refractivity contribution in [3.8, 4) is 0 Å². The fourth-order valence-corrected chi connectivity index (χ4v) is 3.92. The van der Waals surface area contributed by atoms with E-state index in [0.717, 1.165) is 18.2 Å². The molecule has 0 saturated carbocycles. The van der Waals surface area contributed by atoms with E-state index in [2.05, 4.69) is 0 Å². The Bertz CT molecular complexity index is 651. The fourth-order valence-electron chi connectivity index (χ4n) is 2.30. The highest BCUT2D eigenvalue weighted by Gasteiger charge is 2.32. The van der Waals surface area contributed by atoms with Crippen molar-refractivity contribution in [1.82, 2.24) is 4.31 Å². The molecule has 0 aliphatic carbocycles. The number of sulfonamides is 1. The predicted octanol–water partition coefficient (Wildman–Crippen LogP) is 1.32. The van der Waals surface area contributed by atoms with Crippen LogP contribution in [0.1, 0.15) is 24.2 Å². The van der Waals surface area contributed by atoms with E-state index in [9.17, 15) is 17.6 Å². The Balaban J connectivity index is 2.40. The van der Waals surface area contributed by atoms with Crippen LogP contribution in [0.15, 0.2) is 23.1 Å². The first-order valence-electron chi connectivity index (χ1n) is 6.40. The summed E-state index contributed by atoms with van der Waals surface area (Å²) in [4.78, 5) is 10.7. The van der Waals surface area contributed by atoms with Gasteiger partial charge in [0.15, 0.2) is 0 Å². The van der Waals surface area contributed by atoms with Crippen molar-refractivity contribution in [2.75, 3.05) is 13.1 Å². The van der Waals surface area contributed by atoms with Crippen LogP contribution in [0.3, 0.4) is 0 Å². The van der Waals surface area contributed by atoms with Crippen LogP contribution in [-0.4, -0.2) is 49.1 Å². The molecule has 1 aromatic rings. The third kappa shape index (κ3) is 3.22. The second-order valence-electron chi connectivity index (χ2n) is 5.03. The smallest absolute Gasteiger partial charge is 0.338 e. The zero-order chi connectivity index (χ0) is 15.8. The van der Waals surface area contributed by atoms with Crippen molar-refractivity contribution in [1.29, 1.82) is 0 Å². The van der Waals surface area contributed by atoms with E-state index >= 15 is 0 Å². The summed E-state index contributed by atoms with van der Waals surface area (Å²) in [6.07, 6.45) is -0.522. The number of benzene rings is 1. The number of carboxylic acid groups (broad SMARTS) is 1. The van der Waals surface area contributed by atoms with E-state index in [1.807, 2.05) is 0 Å². The minimum absolute atomic E-state index is 0.173. The number of carboxylic acids is 1. The summed E-state index contributed by atoms with van der Waals surface area (Å²) in [6.45, 7) is 3.86. The summed E-state index contributed by atoms with van der Waals surface area (Å²) >= 11 is 0. The molecule has 0 bridgehead atoms. The predicted molar refractivity (Wildman–Crippen MR) is 72.1 cm³/mol. The Morgan fingerprint density at radius 3 is 2.43 bits per heavy atom. The minimum Gasteiger partial charge on any atom is -0.478 e. The van der Waals surface area contributed by atoms with Gasteiger partial charge in [-0.1, -0.05) is 0 Å². The summed E-state index contributed by atoms with van der Waals surface area (Å²) in [5.41, 5.74) is -0.662. The lowest BCUT2D eigenvalue weighted by molar-refractivity contribution is -0.0440. The van der Waals surface area contributed by atoms with E-state index in [-0.39, 0.29) is 30.2 Å². The van der Waals surface area contributed by atoms with Crippen LogP contribution < -0.4 is 0 Å². The van der Waals surface area contributed by atoms with Crippen LogP contribution in [-0.2, 0) is 14.8 Å². The van der Waals surface area contributed by atoms with Crippen molar-refractivity contribution in [3.63, 3.8) is 0 Å². The zero-order valence-corrected chi connectivity index (χ0v) is 12.4. The fraction of sp³-hybridized carbons (Fsp3) is 0.462. The zero-order valence-electron chi connectivity index (χ0n) is 11.6. The number of aromatic carboxylic acids is 1. The molecule has 21 heavy (non-hydrogen) atoms. The van der Waals surface area contributed by atoms with E-state index in [1.54, 1.807) is 13.8 Å². The maximum absolute atomic E-state index is 13.4. The standard InChI is InChI=1S/C13H16FNO5S/c1-8-6-15(7-9(2)20-8)21(18,19)10-3-4-12(14)11(5-10)13(16)17/h3-5,8-9H,6-7H2,1-2H3,(H,16,17)/t8-,9-/m0/s1. The van der Waals surface area contributed by atoms with Gasteiger partial charge in [0.05, 0.1) is 22.7 Å². The molecule has 0 aromatic heterocycles. The Kier molecular flexibility index (Phi) is 4.31. The number of hydrogen-bond acceptors (Lipinski definition) is 4. The normalized spacial score (nSPS) is 24.0. The molecular formula is C13H16FNO5S. The summed E-state index contributed by atoms with van der Waals surface area (Å²) in [6, 6.07) is 2.77. The van der Waals surface area contributed by atoms with Gasteiger partial charge in [0, 0.05) is 13.1 Å². The summed E-state index contributed by atoms with van der Waals surface area (Å²) in [5.74, 6) is -2.47. The highest BCUT2D eigenvalue weighted by molar-refractivity contribution is 7.89. The van der Waals surface area contributed by atoms with Gasteiger partial charge in [-0.15, -0.1) is 0 Å². The average Bonchev–Trinajstić information content (AvgIpc) is 2.37. The van der Waals surface area contributed by atoms with Gasteiger partial charge >= 0.3 is 5.97 Å². The van der Waals surface area contributed by atoms with Crippen LogP contribution in [0.2, 0.25) is 0 Å². The molecule has 116 valence electrons. The summed E-state index contributed by atoms with van der Waals surface area (Å²) in [7, 11) is -3.88. The number of rotatable bonds is 3. The van der Waals surface area contributed by atoms with Gasteiger partial charge in [-0.05, 0) is 32.0 Å². The molecule has 0 spiro atoms. The molecule has 1 aliphatic rings. The maximum Gasteiger partial charge on any atom is 0.338 e. The average molecular weight is 317 g/mol. The molecule has 1 fully saturated rings. The first-order chi connectivity index (χ1) is 9.71. The molecule has 1 aliphatic heterocycles.